The molecule has 3 aromatic rings. The van der Waals surface area contributed by atoms with Crippen molar-refractivity contribution in [1.29, 1.82) is 0 Å². The largest absolute Gasteiger partial charge is 0.226 e. The van der Waals surface area contributed by atoms with E-state index in [1.165, 1.54) is 16.7 Å². The summed E-state index contributed by atoms with van der Waals surface area (Å²) in [5, 5.41) is 3.46. The van der Waals surface area contributed by atoms with Crippen molar-refractivity contribution in [1.82, 2.24) is 9.97 Å². The number of rotatable bonds is 1. The predicted molar refractivity (Wildman–Crippen MR) is 72.6 cm³/mol. The Bertz CT molecular complexity index is 673. The van der Waals surface area contributed by atoms with Crippen molar-refractivity contribution in [3.8, 4) is 11.1 Å². The van der Waals surface area contributed by atoms with Crippen molar-refractivity contribution in [3.05, 3.63) is 46.7 Å². The van der Waals surface area contributed by atoms with E-state index in [2.05, 4.69) is 46.5 Å². The molecule has 0 unspecified atom stereocenters. The number of thiophene rings is 1. The molecule has 0 bridgehead atoms. The van der Waals surface area contributed by atoms with Gasteiger partial charge in [0.25, 0.3) is 0 Å². The molecule has 2 heterocycles. The molecule has 0 amide bonds. The molecule has 2 aromatic heterocycles. The number of hydrogen-bond donors (Lipinski definition) is 0. The van der Waals surface area contributed by atoms with Crippen molar-refractivity contribution >= 4 is 33.2 Å². The van der Waals surface area contributed by atoms with Crippen molar-refractivity contribution in [3.63, 3.8) is 0 Å². The van der Waals surface area contributed by atoms with Crippen LogP contribution in [0, 0.1) is 6.92 Å². The van der Waals surface area contributed by atoms with E-state index in [0.29, 0.717) is 5.28 Å². The van der Waals surface area contributed by atoms with Gasteiger partial charge in [-0.3, -0.25) is 0 Å². The molecule has 0 atom stereocenters. The standard InChI is InChI=1S/C13H9ClN2S/c1-8-2-4-9(5-3-8)11-7-17-12-10(11)6-15-13(14)16-12/h2-7H,1H3. The zero-order chi connectivity index (χ0) is 11.8. The first-order valence-electron chi connectivity index (χ1n) is 5.21. The maximum Gasteiger partial charge on any atom is 0.223 e. The summed E-state index contributed by atoms with van der Waals surface area (Å²) >= 11 is 7.37. The Hall–Kier alpha value is -1.45. The Morgan fingerprint density at radius 3 is 2.71 bits per heavy atom. The monoisotopic (exact) mass is 260 g/mol. The van der Waals surface area contributed by atoms with Gasteiger partial charge in [-0.15, -0.1) is 11.3 Å². The van der Waals surface area contributed by atoms with Gasteiger partial charge in [0.2, 0.25) is 5.28 Å². The third kappa shape index (κ3) is 1.92. The van der Waals surface area contributed by atoms with E-state index in [9.17, 15) is 0 Å². The molecule has 0 aliphatic heterocycles. The van der Waals surface area contributed by atoms with Crippen LogP contribution in [0.3, 0.4) is 0 Å². The minimum absolute atomic E-state index is 0.301. The summed E-state index contributed by atoms with van der Waals surface area (Å²) in [5.74, 6) is 0. The van der Waals surface area contributed by atoms with Crippen molar-refractivity contribution in [2.75, 3.05) is 0 Å². The second-order valence-corrected chi connectivity index (χ2v) is 5.07. The maximum absolute atomic E-state index is 5.78. The normalized spacial score (nSPS) is 10.9. The second kappa shape index (κ2) is 4.09. The van der Waals surface area contributed by atoms with Crippen LogP contribution >= 0.6 is 22.9 Å². The van der Waals surface area contributed by atoms with Gasteiger partial charge in [0.05, 0.1) is 0 Å². The molecule has 0 aliphatic rings. The van der Waals surface area contributed by atoms with Crippen molar-refractivity contribution in [2.45, 2.75) is 6.92 Å². The van der Waals surface area contributed by atoms with Gasteiger partial charge in [-0.25, -0.2) is 9.97 Å². The van der Waals surface area contributed by atoms with E-state index in [1.54, 1.807) is 17.5 Å². The lowest BCUT2D eigenvalue weighted by Crippen LogP contribution is -1.81. The summed E-state index contributed by atoms with van der Waals surface area (Å²) in [6, 6.07) is 8.45. The summed E-state index contributed by atoms with van der Waals surface area (Å²) in [7, 11) is 0. The van der Waals surface area contributed by atoms with Gasteiger partial charge in [-0.2, -0.15) is 0 Å². The van der Waals surface area contributed by atoms with Crippen LogP contribution in [0.5, 0.6) is 0 Å². The fourth-order valence-electron chi connectivity index (χ4n) is 1.76. The van der Waals surface area contributed by atoms with E-state index in [1.807, 2.05) is 0 Å². The summed E-state index contributed by atoms with van der Waals surface area (Å²) in [4.78, 5) is 9.19. The molecule has 0 saturated heterocycles. The van der Waals surface area contributed by atoms with E-state index in [4.69, 9.17) is 11.6 Å². The van der Waals surface area contributed by atoms with E-state index < -0.39 is 0 Å². The number of aromatic nitrogens is 2. The molecule has 3 rings (SSSR count). The Labute approximate surface area is 108 Å². The van der Waals surface area contributed by atoms with Crippen LogP contribution in [0.15, 0.2) is 35.8 Å². The molecule has 84 valence electrons. The number of aryl methyl sites for hydroxylation is 1. The lowest BCUT2D eigenvalue weighted by atomic mass is 10.1. The summed E-state index contributed by atoms with van der Waals surface area (Å²) in [6.07, 6.45) is 1.79. The van der Waals surface area contributed by atoms with E-state index >= 15 is 0 Å². The minimum atomic E-state index is 0.301. The number of fused-ring (bicyclic) bond motifs is 1. The first-order chi connectivity index (χ1) is 8.24. The Kier molecular flexibility index (Phi) is 2.57. The molecule has 2 nitrogen and oxygen atoms in total. The van der Waals surface area contributed by atoms with Gasteiger partial charge >= 0.3 is 0 Å². The highest BCUT2D eigenvalue weighted by atomic mass is 35.5. The fourth-order valence-corrected chi connectivity index (χ4v) is 2.86. The topological polar surface area (TPSA) is 25.8 Å². The van der Waals surface area contributed by atoms with E-state index in [-0.39, 0.29) is 0 Å². The average molecular weight is 261 g/mol. The summed E-state index contributed by atoms with van der Waals surface area (Å²) in [6.45, 7) is 2.08. The van der Waals surface area contributed by atoms with Crippen LogP contribution in [-0.2, 0) is 0 Å². The van der Waals surface area contributed by atoms with Gasteiger partial charge in [-0.05, 0) is 24.1 Å². The smallest absolute Gasteiger partial charge is 0.223 e. The molecule has 4 heteroatoms. The van der Waals surface area contributed by atoms with Gasteiger partial charge in [0, 0.05) is 22.5 Å². The lowest BCUT2D eigenvalue weighted by molar-refractivity contribution is 1.23. The quantitative estimate of drug-likeness (QED) is 0.609. The van der Waals surface area contributed by atoms with E-state index in [0.717, 1.165) is 10.2 Å². The Morgan fingerprint density at radius 2 is 1.94 bits per heavy atom. The van der Waals surface area contributed by atoms with Gasteiger partial charge < -0.3 is 0 Å². The maximum atomic E-state index is 5.78. The third-order valence-electron chi connectivity index (χ3n) is 2.67. The van der Waals surface area contributed by atoms with Gasteiger partial charge in [0.1, 0.15) is 4.83 Å². The van der Waals surface area contributed by atoms with Crippen LogP contribution in [0.25, 0.3) is 21.3 Å². The summed E-state index contributed by atoms with van der Waals surface area (Å²) < 4.78 is 0. The van der Waals surface area contributed by atoms with Crippen LogP contribution < -0.4 is 0 Å². The van der Waals surface area contributed by atoms with Crippen molar-refractivity contribution < 1.29 is 0 Å². The molecule has 0 fully saturated rings. The third-order valence-corrected chi connectivity index (χ3v) is 3.74. The number of halogens is 1. The van der Waals surface area contributed by atoms with Crippen molar-refractivity contribution in [2.24, 2.45) is 0 Å². The Balaban J connectivity index is 2.21. The van der Waals surface area contributed by atoms with Gasteiger partial charge in [0.15, 0.2) is 0 Å². The fraction of sp³-hybridized carbons (Fsp3) is 0.0769. The van der Waals surface area contributed by atoms with Crippen LogP contribution in [-0.4, -0.2) is 9.97 Å². The molecule has 0 spiro atoms. The van der Waals surface area contributed by atoms with Crippen LogP contribution in [0.4, 0.5) is 0 Å². The molecule has 1 aromatic carbocycles. The second-order valence-electron chi connectivity index (χ2n) is 3.87. The Morgan fingerprint density at radius 1 is 1.18 bits per heavy atom. The zero-order valence-corrected chi connectivity index (χ0v) is 10.7. The first kappa shape index (κ1) is 10.7. The average Bonchev–Trinajstić information content (AvgIpc) is 2.73. The lowest BCUT2D eigenvalue weighted by Gasteiger charge is -2.00. The molecular weight excluding hydrogens is 252 g/mol. The SMILES string of the molecule is Cc1ccc(-c2csc3nc(Cl)ncc23)cc1. The molecule has 0 aliphatic carbocycles. The van der Waals surface area contributed by atoms with Crippen LogP contribution in [0.2, 0.25) is 5.28 Å². The highest BCUT2D eigenvalue weighted by Gasteiger charge is 2.08. The number of hydrogen-bond acceptors (Lipinski definition) is 3. The predicted octanol–water partition coefficient (Wildman–Crippen LogP) is 4.32. The molecular formula is C13H9ClN2S. The molecule has 0 N–H and O–H groups in total. The first-order valence-corrected chi connectivity index (χ1v) is 6.46. The van der Waals surface area contributed by atoms with Gasteiger partial charge in [-0.1, -0.05) is 29.8 Å². The zero-order valence-electron chi connectivity index (χ0n) is 9.14. The molecule has 0 saturated carbocycles. The highest BCUT2D eigenvalue weighted by Crippen LogP contribution is 2.32. The molecule has 0 radical (unpaired) electrons. The number of nitrogens with zero attached hydrogens (tertiary/aromatic N) is 2. The minimum Gasteiger partial charge on any atom is -0.226 e. The molecule has 17 heavy (non-hydrogen) atoms. The highest BCUT2D eigenvalue weighted by molar-refractivity contribution is 7.17. The number of benzene rings is 1. The van der Waals surface area contributed by atoms with Crippen LogP contribution in [0.1, 0.15) is 5.56 Å². The summed E-state index contributed by atoms with van der Waals surface area (Å²) in [5.41, 5.74) is 3.61.